The number of hydrogen-bond acceptors (Lipinski definition) is 2. The first-order valence-electron chi connectivity index (χ1n) is 3.80. The maximum atomic E-state index is 9.14. The van der Waals surface area contributed by atoms with Crippen LogP contribution in [0.3, 0.4) is 0 Å². The van der Waals surface area contributed by atoms with Crippen LogP contribution in [-0.2, 0) is 4.74 Å². The largest absolute Gasteiger partial charge is 0.391 e. The highest BCUT2D eigenvalue weighted by Gasteiger charge is 2.32. The highest BCUT2D eigenvalue weighted by Crippen LogP contribution is 2.29. The third-order valence-corrected chi connectivity index (χ3v) is 1.94. The summed E-state index contributed by atoms with van der Waals surface area (Å²) in [5, 5.41) is 9.14. The van der Waals surface area contributed by atoms with Gasteiger partial charge in [-0.15, -0.1) is 0 Å². The molecule has 2 heteroatoms. The van der Waals surface area contributed by atoms with E-state index in [-0.39, 0.29) is 17.6 Å². The predicted octanol–water partition coefficient (Wildman–Crippen LogP) is 1.18. The number of hydrogen-bond donors (Lipinski definition) is 1. The third kappa shape index (κ3) is 1.70. The quantitative estimate of drug-likeness (QED) is 0.553. The van der Waals surface area contributed by atoms with Crippen molar-refractivity contribution in [3.63, 3.8) is 0 Å². The molecule has 0 bridgehead atoms. The molecule has 10 heavy (non-hydrogen) atoms. The Balaban J connectivity index is 2.45. The summed E-state index contributed by atoms with van der Waals surface area (Å²) < 4.78 is 5.38. The first-order chi connectivity index (χ1) is 4.50. The maximum absolute atomic E-state index is 9.14. The molecule has 1 aliphatic rings. The van der Waals surface area contributed by atoms with Gasteiger partial charge in [-0.2, -0.15) is 0 Å². The summed E-state index contributed by atoms with van der Waals surface area (Å²) in [7, 11) is 0. The molecule has 0 radical (unpaired) electrons. The van der Waals surface area contributed by atoms with E-state index in [0.29, 0.717) is 6.61 Å². The Labute approximate surface area is 62.2 Å². The molecule has 60 valence electrons. The van der Waals surface area contributed by atoms with Gasteiger partial charge < -0.3 is 9.84 Å². The average molecular weight is 144 g/mol. The van der Waals surface area contributed by atoms with Gasteiger partial charge >= 0.3 is 0 Å². The van der Waals surface area contributed by atoms with E-state index in [1.54, 1.807) is 0 Å². The van der Waals surface area contributed by atoms with E-state index in [1.165, 1.54) is 0 Å². The summed E-state index contributed by atoms with van der Waals surface area (Å²) >= 11 is 0. The van der Waals surface area contributed by atoms with Crippen LogP contribution in [0.25, 0.3) is 0 Å². The molecule has 2 atom stereocenters. The minimum Gasteiger partial charge on any atom is -0.391 e. The van der Waals surface area contributed by atoms with E-state index in [4.69, 9.17) is 9.84 Å². The van der Waals surface area contributed by atoms with Gasteiger partial charge in [-0.1, -0.05) is 20.8 Å². The van der Waals surface area contributed by atoms with Gasteiger partial charge in [0.05, 0.1) is 18.8 Å². The lowest BCUT2D eigenvalue weighted by molar-refractivity contribution is 0.0245. The van der Waals surface area contributed by atoms with E-state index in [9.17, 15) is 0 Å². The van der Waals surface area contributed by atoms with Crippen molar-refractivity contribution in [3.05, 3.63) is 0 Å². The molecule has 1 rings (SSSR count). The van der Waals surface area contributed by atoms with Crippen LogP contribution in [0.2, 0.25) is 0 Å². The molecule has 0 aliphatic carbocycles. The van der Waals surface area contributed by atoms with Crippen LogP contribution < -0.4 is 0 Å². The Bertz CT molecular complexity index is 115. The predicted molar refractivity (Wildman–Crippen MR) is 39.8 cm³/mol. The lowest BCUT2D eigenvalue weighted by Gasteiger charge is -2.25. The summed E-state index contributed by atoms with van der Waals surface area (Å²) in [6.07, 6.45) is 0.801. The summed E-state index contributed by atoms with van der Waals surface area (Å²) in [4.78, 5) is 0. The molecule has 1 saturated heterocycles. The van der Waals surface area contributed by atoms with E-state index in [0.717, 1.165) is 6.42 Å². The van der Waals surface area contributed by atoms with Gasteiger partial charge in [0.15, 0.2) is 0 Å². The summed E-state index contributed by atoms with van der Waals surface area (Å²) in [6.45, 7) is 6.92. The van der Waals surface area contributed by atoms with Gasteiger partial charge in [0.25, 0.3) is 0 Å². The van der Waals surface area contributed by atoms with Crippen molar-refractivity contribution in [2.75, 3.05) is 6.61 Å². The molecule has 2 unspecified atom stereocenters. The number of rotatable bonds is 0. The van der Waals surface area contributed by atoms with Crippen LogP contribution in [0.5, 0.6) is 0 Å². The minimum atomic E-state index is -0.232. The Kier molecular flexibility index (Phi) is 2.02. The second-order valence-corrected chi connectivity index (χ2v) is 4.08. The van der Waals surface area contributed by atoms with Crippen LogP contribution in [0.1, 0.15) is 27.2 Å². The zero-order chi connectivity index (χ0) is 7.78. The van der Waals surface area contributed by atoms with Gasteiger partial charge in [0.2, 0.25) is 0 Å². The van der Waals surface area contributed by atoms with Crippen LogP contribution in [0, 0.1) is 5.41 Å². The first-order valence-corrected chi connectivity index (χ1v) is 3.80. The van der Waals surface area contributed by atoms with Crippen LogP contribution in [0.4, 0.5) is 0 Å². The molecular weight excluding hydrogens is 128 g/mol. The topological polar surface area (TPSA) is 29.5 Å². The van der Waals surface area contributed by atoms with Crippen molar-refractivity contribution in [1.29, 1.82) is 0 Å². The standard InChI is InChI=1S/C8H16O2/c1-8(2,3)7-4-6(9)5-10-7/h6-7,9H,4-5H2,1-3H3. The smallest absolute Gasteiger partial charge is 0.0798 e. The molecule has 1 heterocycles. The van der Waals surface area contributed by atoms with Crippen molar-refractivity contribution in [2.24, 2.45) is 5.41 Å². The summed E-state index contributed by atoms with van der Waals surface area (Å²) in [5.41, 5.74) is 0.178. The second-order valence-electron chi connectivity index (χ2n) is 4.08. The SMILES string of the molecule is CC(C)(C)C1CC(O)CO1. The molecule has 0 aromatic rings. The fourth-order valence-electron chi connectivity index (χ4n) is 1.21. The van der Waals surface area contributed by atoms with Crippen LogP contribution in [-0.4, -0.2) is 23.9 Å². The number of aliphatic hydroxyl groups excluding tert-OH is 1. The van der Waals surface area contributed by atoms with E-state index in [1.807, 2.05) is 0 Å². The van der Waals surface area contributed by atoms with Gasteiger partial charge in [0, 0.05) is 6.42 Å². The zero-order valence-electron chi connectivity index (χ0n) is 6.92. The van der Waals surface area contributed by atoms with E-state index in [2.05, 4.69) is 20.8 Å². The van der Waals surface area contributed by atoms with Gasteiger partial charge in [-0.3, -0.25) is 0 Å². The Morgan fingerprint density at radius 2 is 2.00 bits per heavy atom. The Morgan fingerprint density at radius 3 is 2.20 bits per heavy atom. The Hall–Kier alpha value is -0.0800. The monoisotopic (exact) mass is 144 g/mol. The first kappa shape index (κ1) is 8.02. The van der Waals surface area contributed by atoms with Crippen molar-refractivity contribution in [3.8, 4) is 0 Å². The molecule has 0 aromatic heterocycles. The van der Waals surface area contributed by atoms with Crippen LogP contribution in [0.15, 0.2) is 0 Å². The second kappa shape index (κ2) is 2.51. The van der Waals surface area contributed by atoms with Crippen molar-refractivity contribution < 1.29 is 9.84 Å². The van der Waals surface area contributed by atoms with Gasteiger partial charge in [0.1, 0.15) is 0 Å². The molecule has 2 nitrogen and oxygen atoms in total. The molecule has 0 aromatic carbocycles. The normalized spacial score (nSPS) is 34.8. The fourth-order valence-corrected chi connectivity index (χ4v) is 1.21. The molecule has 1 fully saturated rings. The van der Waals surface area contributed by atoms with Crippen molar-refractivity contribution in [2.45, 2.75) is 39.4 Å². The van der Waals surface area contributed by atoms with Crippen molar-refractivity contribution in [1.82, 2.24) is 0 Å². The maximum Gasteiger partial charge on any atom is 0.0798 e. The number of ether oxygens (including phenoxy) is 1. The fraction of sp³-hybridized carbons (Fsp3) is 1.00. The van der Waals surface area contributed by atoms with Gasteiger partial charge in [-0.05, 0) is 5.41 Å². The lowest BCUT2D eigenvalue weighted by Crippen LogP contribution is -2.25. The molecule has 0 saturated carbocycles. The highest BCUT2D eigenvalue weighted by atomic mass is 16.5. The third-order valence-electron chi connectivity index (χ3n) is 1.94. The Morgan fingerprint density at radius 1 is 1.40 bits per heavy atom. The average Bonchev–Trinajstić information content (AvgIpc) is 2.11. The van der Waals surface area contributed by atoms with Crippen molar-refractivity contribution >= 4 is 0 Å². The molecule has 0 spiro atoms. The summed E-state index contributed by atoms with van der Waals surface area (Å²) in [6, 6.07) is 0. The molecule has 0 amide bonds. The summed E-state index contributed by atoms with van der Waals surface area (Å²) in [5.74, 6) is 0. The number of aliphatic hydroxyl groups is 1. The van der Waals surface area contributed by atoms with Crippen LogP contribution >= 0.6 is 0 Å². The molecular formula is C8H16O2. The highest BCUT2D eigenvalue weighted by molar-refractivity contribution is 4.82. The zero-order valence-corrected chi connectivity index (χ0v) is 6.92. The lowest BCUT2D eigenvalue weighted by atomic mass is 9.87. The molecule has 1 aliphatic heterocycles. The van der Waals surface area contributed by atoms with E-state index < -0.39 is 0 Å². The van der Waals surface area contributed by atoms with E-state index >= 15 is 0 Å². The minimum absolute atomic E-state index is 0.178. The molecule has 1 N–H and O–H groups in total. The van der Waals surface area contributed by atoms with Gasteiger partial charge in [-0.25, -0.2) is 0 Å².